The number of nitrogens with zero attached hydrogens (tertiary/aromatic N) is 4. The van der Waals surface area contributed by atoms with Gasteiger partial charge in [-0.1, -0.05) is 43.5 Å². The molecule has 0 fully saturated rings. The second-order valence-corrected chi connectivity index (χ2v) is 8.71. The molecule has 0 atom stereocenters. The van der Waals surface area contributed by atoms with Gasteiger partial charge in [0, 0.05) is 25.2 Å². The van der Waals surface area contributed by atoms with E-state index < -0.39 is 5.60 Å². The Bertz CT molecular complexity index is 1020. The van der Waals surface area contributed by atoms with Crippen LogP contribution in [0.2, 0.25) is 5.02 Å². The van der Waals surface area contributed by atoms with Gasteiger partial charge in [-0.05, 0) is 32.8 Å². The number of fused-ring (bicyclic) bond motifs is 1. The molecule has 3 rings (SSSR count). The topological polar surface area (TPSA) is 108 Å². The zero-order valence-corrected chi connectivity index (χ0v) is 19.1. The number of para-hydroxylation sites is 1. The van der Waals surface area contributed by atoms with Gasteiger partial charge in [0.15, 0.2) is 17.0 Å². The van der Waals surface area contributed by atoms with Crippen LogP contribution in [-0.4, -0.2) is 41.9 Å². The van der Waals surface area contributed by atoms with Gasteiger partial charge in [0.2, 0.25) is 5.95 Å². The number of nitrogens with one attached hydrogen (secondary N) is 2. The lowest BCUT2D eigenvalue weighted by atomic mass is 10.1. The molecule has 8 nitrogen and oxygen atoms in total. The fourth-order valence-corrected chi connectivity index (χ4v) is 3.40. The lowest BCUT2D eigenvalue weighted by Crippen LogP contribution is -2.23. The first-order valence-electron chi connectivity index (χ1n) is 10.7. The molecule has 0 unspecified atom stereocenters. The summed E-state index contributed by atoms with van der Waals surface area (Å²) in [6.07, 6.45) is 5.68. The Morgan fingerprint density at radius 3 is 2.71 bits per heavy atom. The highest BCUT2D eigenvalue weighted by Crippen LogP contribution is 2.28. The Balaban J connectivity index is 1.87. The molecule has 0 aliphatic rings. The van der Waals surface area contributed by atoms with E-state index in [4.69, 9.17) is 11.6 Å². The van der Waals surface area contributed by atoms with Crippen molar-refractivity contribution in [3.63, 3.8) is 0 Å². The van der Waals surface area contributed by atoms with E-state index in [1.807, 2.05) is 4.57 Å². The molecule has 0 saturated carbocycles. The molecular weight excluding hydrogens is 416 g/mol. The van der Waals surface area contributed by atoms with Gasteiger partial charge in [-0.15, -0.1) is 0 Å². The van der Waals surface area contributed by atoms with E-state index in [-0.39, 0.29) is 5.75 Å². The molecule has 168 valence electrons. The van der Waals surface area contributed by atoms with Crippen molar-refractivity contribution in [2.24, 2.45) is 0 Å². The molecule has 0 radical (unpaired) electrons. The van der Waals surface area contributed by atoms with Crippen molar-refractivity contribution in [2.75, 3.05) is 17.2 Å². The maximum Gasteiger partial charge on any atom is 0.226 e. The first-order valence-corrected chi connectivity index (χ1v) is 11.1. The molecule has 0 saturated heterocycles. The number of aromatic hydroxyl groups is 1. The molecule has 0 amide bonds. The van der Waals surface area contributed by atoms with Crippen LogP contribution in [0, 0.1) is 0 Å². The molecule has 4 N–H and O–H groups in total. The van der Waals surface area contributed by atoms with Crippen LogP contribution >= 0.6 is 11.6 Å². The summed E-state index contributed by atoms with van der Waals surface area (Å²) in [5, 5.41) is 26.9. The highest BCUT2D eigenvalue weighted by atomic mass is 35.5. The fourth-order valence-electron chi connectivity index (χ4n) is 3.20. The zero-order chi connectivity index (χ0) is 22.4. The van der Waals surface area contributed by atoms with Crippen LogP contribution in [-0.2, 0) is 13.1 Å². The number of anilines is 2. The number of rotatable bonds is 11. The number of halogens is 1. The molecule has 3 aromatic rings. The predicted octanol–water partition coefficient (Wildman–Crippen LogP) is 4.56. The molecule has 0 aliphatic heterocycles. The van der Waals surface area contributed by atoms with E-state index in [0.29, 0.717) is 47.4 Å². The number of phenolic OH excluding ortho intramolecular Hbond substituents is 1. The van der Waals surface area contributed by atoms with Crippen molar-refractivity contribution in [3.05, 3.63) is 35.1 Å². The standard InChI is InChI=1S/C22H31ClN6O2/c1-4-5-6-12-29-14-26-17-19(25-13-15-8-7-9-16(23)18(15)30)27-21(28-20(17)29)24-11-10-22(2,3)31/h7-9,14,30-31H,4-6,10-13H2,1-3H3,(H2,24,25,27,28). The Labute approximate surface area is 187 Å². The Morgan fingerprint density at radius 2 is 1.97 bits per heavy atom. The zero-order valence-electron chi connectivity index (χ0n) is 18.3. The van der Waals surface area contributed by atoms with Crippen LogP contribution in [0.1, 0.15) is 52.0 Å². The number of unbranched alkanes of at least 4 members (excludes halogenated alkanes) is 2. The van der Waals surface area contributed by atoms with Gasteiger partial charge in [-0.25, -0.2) is 4.98 Å². The lowest BCUT2D eigenvalue weighted by molar-refractivity contribution is 0.0748. The van der Waals surface area contributed by atoms with E-state index >= 15 is 0 Å². The summed E-state index contributed by atoms with van der Waals surface area (Å²) in [6, 6.07) is 5.24. The van der Waals surface area contributed by atoms with Crippen LogP contribution in [0.3, 0.4) is 0 Å². The average Bonchev–Trinajstić information content (AvgIpc) is 3.11. The van der Waals surface area contributed by atoms with Crippen molar-refractivity contribution in [2.45, 2.75) is 65.1 Å². The number of imidazole rings is 1. The molecule has 9 heteroatoms. The molecule has 2 aromatic heterocycles. The van der Waals surface area contributed by atoms with Gasteiger partial charge in [-0.3, -0.25) is 0 Å². The van der Waals surface area contributed by atoms with Crippen molar-refractivity contribution in [3.8, 4) is 5.75 Å². The van der Waals surface area contributed by atoms with Crippen LogP contribution in [0.25, 0.3) is 11.2 Å². The summed E-state index contributed by atoms with van der Waals surface area (Å²) in [4.78, 5) is 13.8. The third kappa shape index (κ3) is 6.21. The van der Waals surface area contributed by atoms with Crippen LogP contribution in [0.15, 0.2) is 24.5 Å². The third-order valence-electron chi connectivity index (χ3n) is 5.00. The van der Waals surface area contributed by atoms with Gasteiger partial charge < -0.3 is 25.4 Å². The first kappa shape index (κ1) is 23.1. The van der Waals surface area contributed by atoms with E-state index in [2.05, 4.69) is 32.5 Å². The van der Waals surface area contributed by atoms with E-state index in [1.54, 1.807) is 38.4 Å². The SMILES string of the molecule is CCCCCn1cnc2c(NCc3cccc(Cl)c3O)nc(NCCC(C)(C)O)nc21. The van der Waals surface area contributed by atoms with Gasteiger partial charge in [0.1, 0.15) is 5.75 Å². The maximum atomic E-state index is 10.2. The molecule has 0 spiro atoms. The highest BCUT2D eigenvalue weighted by molar-refractivity contribution is 6.32. The van der Waals surface area contributed by atoms with Crippen molar-refractivity contribution < 1.29 is 10.2 Å². The van der Waals surface area contributed by atoms with Gasteiger partial charge in [0.05, 0.1) is 17.0 Å². The molecule has 31 heavy (non-hydrogen) atoms. The summed E-state index contributed by atoms with van der Waals surface area (Å²) in [6.45, 7) is 7.42. The minimum absolute atomic E-state index is 0.0515. The van der Waals surface area contributed by atoms with E-state index in [1.165, 1.54) is 0 Å². The van der Waals surface area contributed by atoms with Crippen LogP contribution in [0.5, 0.6) is 5.75 Å². The first-order chi connectivity index (χ1) is 14.8. The molecular formula is C22H31ClN6O2. The van der Waals surface area contributed by atoms with Crippen molar-refractivity contribution in [1.82, 2.24) is 19.5 Å². The summed E-state index contributed by atoms with van der Waals surface area (Å²) in [5.41, 5.74) is 1.31. The third-order valence-corrected chi connectivity index (χ3v) is 5.31. The number of aryl methyl sites for hydroxylation is 1. The second kappa shape index (κ2) is 10.2. The lowest BCUT2D eigenvalue weighted by Gasteiger charge is -2.17. The summed E-state index contributed by atoms with van der Waals surface area (Å²) < 4.78 is 2.04. The predicted molar refractivity (Wildman–Crippen MR) is 125 cm³/mol. The quantitative estimate of drug-likeness (QED) is 0.320. The highest BCUT2D eigenvalue weighted by Gasteiger charge is 2.16. The largest absolute Gasteiger partial charge is 0.506 e. The molecule has 0 aliphatic carbocycles. The second-order valence-electron chi connectivity index (χ2n) is 8.30. The van der Waals surface area contributed by atoms with Gasteiger partial charge >= 0.3 is 0 Å². The summed E-state index contributed by atoms with van der Waals surface area (Å²) >= 11 is 6.02. The molecule has 0 bridgehead atoms. The number of hydrogen-bond donors (Lipinski definition) is 4. The van der Waals surface area contributed by atoms with Crippen molar-refractivity contribution >= 4 is 34.5 Å². The summed E-state index contributed by atoms with van der Waals surface area (Å²) in [5.74, 6) is 1.09. The minimum atomic E-state index is -0.774. The summed E-state index contributed by atoms with van der Waals surface area (Å²) in [7, 11) is 0. The number of hydrogen-bond acceptors (Lipinski definition) is 7. The van der Waals surface area contributed by atoms with Crippen LogP contribution < -0.4 is 10.6 Å². The average molecular weight is 447 g/mol. The number of aromatic nitrogens is 4. The molecule has 1 aromatic carbocycles. The van der Waals surface area contributed by atoms with Crippen LogP contribution in [0.4, 0.5) is 11.8 Å². The van der Waals surface area contributed by atoms with Gasteiger partial charge in [-0.2, -0.15) is 9.97 Å². The smallest absolute Gasteiger partial charge is 0.226 e. The monoisotopic (exact) mass is 446 g/mol. The fraction of sp³-hybridized carbons (Fsp3) is 0.500. The minimum Gasteiger partial charge on any atom is -0.506 e. The number of aliphatic hydroxyl groups is 1. The molecule has 2 heterocycles. The number of benzene rings is 1. The maximum absolute atomic E-state index is 10.2. The normalized spacial score (nSPS) is 11.8. The van der Waals surface area contributed by atoms with E-state index in [0.717, 1.165) is 31.5 Å². The van der Waals surface area contributed by atoms with Crippen molar-refractivity contribution in [1.29, 1.82) is 0 Å². The van der Waals surface area contributed by atoms with Gasteiger partial charge in [0.25, 0.3) is 0 Å². The Morgan fingerprint density at radius 1 is 1.16 bits per heavy atom. The van der Waals surface area contributed by atoms with E-state index in [9.17, 15) is 10.2 Å². The Kier molecular flexibility index (Phi) is 7.56. The number of phenols is 1. The Hall–Kier alpha value is -2.58.